The molecule has 0 radical (unpaired) electrons. The molecule has 10 heteroatoms. The van der Waals surface area contributed by atoms with Gasteiger partial charge in [-0.15, -0.1) is 0 Å². The largest absolute Gasteiger partial charge is 0.507 e. The molecule has 0 bridgehead atoms. The zero-order chi connectivity index (χ0) is 29.5. The summed E-state index contributed by atoms with van der Waals surface area (Å²) < 4.78 is 33.0. The van der Waals surface area contributed by atoms with Crippen molar-refractivity contribution in [2.45, 2.75) is 12.3 Å². The van der Waals surface area contributed by atoms with Gasteiger partial charge in [-0.05, 0) is 42.0 Å². The smallest absolute Gasteiger partial charge is 0.337 e. The van der Waals surface area contributed by atoms with Crippen molar-refractivity contribution < 1.29 is 42.5 Å². The standard InChI is InChI=1S/C32H24O10/c1-37-24-9-8-18(12-25(24)38-2)20-15-40-31-28-19(13-27(34)42-26(28)14-21(33)29(31)30(20)35)23-11-10-22(41-23)16-4-6-17(7-5-16)32(36)39-3/h4-12,14-15,19,33H,13H2,1-3H3/t19-/m1/s1. The van der Waals surface area contributed by atoms with Crippen molar-refractivity contribution >= 4 is 22.9 Å². The van der Waals surface area contributed by atoms with Gasteiger partial charge in [0.05, 0.1) is 44.8 Å². The molecule has 6 rings (SSSR count). The van der Waals surface area contributed by atoms with Crippen molar-refractivity contribution in [2.75, 3.05) is 21.3 Å². The Morgan fingerprint density at radius 1 is 0.905 bits per heavy atom. The first kappa shape index (κ1) is 26.7. The fourth-order valence-corrected chi connectivity index (χ4v) is 5.16. The third-order valence-corrected chi connectivity index (χ3v) is 7.23. The molecule has 1 aliphatic rings. The number of carbonyl (C=O) groups is 2. The fraction of sp³-hybridized carbons (Fsp3) is 0.156. The van der Waals surface area contributed by atoms with Gasteiger partial charge in [-0.25, -0.2) is 4.79 Å². The molecule has 0 amide bonds. The highest BCUT2D eigenvalue weighted by molar-refractivity contribution is 5.94. The summed E-state index contributed by atoms with van der Waals surface area (Å²) in [6, 6.07) is 16.4. The number of hydrogen-bond acceptors (Lipinski definition) is 10. The Kier molecular flexibility index (Phi) is 6.66. The molecule has 42 heavy (non-hydrogen) atoms. The van der Waals surface area contributed by atoms with Gasteiger partial charge in [0.25, 0.3) is 0 Å². The van der Waals surface area contributed by atoms with Crippen LogP contribution in [0.3, 0.4) is 0 Å². The minimum atomic E-state index is -0.664. The van der Waals surface area contributed by atoms with E-state index in [0.29, 0.717) is 45.3 Å². The highest BCUT2D eigenvalue weighted by Gasteiger charge is 2.35. The number of phenolic OH excluding ortho intramolecular Hbond substituents is 1. The Hall–Kier alpha value is -5.51. The van der Waals surface area contributed by atoms with Crippen molar-refractivity contribution in [1.82, 2.24) is 0 Å². The zero-order valence-corrected chi connectivity index (χ0v) is 22.8. The predicted molar refractivity (Wildman–Crippen MR) is 150 cm³/mol. The maximum atomic E-state index is 13.7. The van der Waals surface area contributed by atoms with Gasteiger partial charge in [-0.3, -0.25) is 9.59 Å². The molecule has 1 aliphatic heterocycles. The summed E-state index contributed by atoms with van der Waals surface area (Å²) in [5.41, 5.74) is 1.79. The molecule has 1 N–H and O–H groups in total. The van der Waals surface area contributed by atoms with Crippen LogP contribution in [0, 0.1) is 0 Å². The van der Waals surface area contributed by atoms with E-state index in [9.17, 15) is 19.5 Å². The Morgan fingerprint density at radius 3 is 2.36 bits per heavy atom. The molecular formula is C32H24O10. The SMILES string of the molecule is COC(=O)c1ccc(-c2ccc([C@H]3CC(=O)Oc4cc(O)c5c(=O)c(-c6ccc(OC)c(OC)c6)coc5c43)o2)cc1. The topological polar surface area (TPSA) is 135 Å². The van der Waals surface area contributed by atoms with Crippen molar-refractivity contribution in [2.24, 2.45) is 0 Å². The van der Waals surface area contributed by atoms with Gasteiger partial charge in [0.2, 0.25) is 5.43 Å². The average Bonchev–Trinajstić information content (AvgIpc) is 3.50. The lowest BCUT2D eigenvalue weighted by Crippen LogP contribution is -2.21. The van der Waals surface area contributed by atoms with Crippen LogP contribution in [-0.2, 0) is 9.53 Å². The van der Waals surface area contributed by atoms with Gasteiger partial charge in [0, 0.05) is 17.2 Å². The Bertz CT molecular complexity index is 1910. The predicted octanol–water partition coefficient (Wildman–Crippen LogP) is 5.67. The third kappa shape index (κ3) is 4.43. The van der Waals surface area contributed by atoms with Crippen molar-refractivity contribution in [1.29, 1.82) is 0 Å². The van der Waals surface area contributed by atoms with E-state index in [0.717, 1.165) is 0 Å². The van der Waals surface area contributed by atoms with E-state index in [1.165, 1.54) is 33.7 Å². The number of methoxy groups -OCH3 is 3. The van der Waals surface area contributed by atoms with Crippen molar-refractivity contribution in [3.8, 4) is 45.4 Å². The monoisotopic (exact) mass is 568 g/mol. The lowest BCUT2D eigenvalue weighted by atomic mass is 9.88. The molecule has 0 spiro atoms. The normalized spacial score (nSPS) is 14.3. The molecule has 10 nitrogen and oxygen atoms in total. The molecular weight excluding hydrogens is 544 g/mol. The fourth-order valence-electron chi connectivity index (χ4n) is 5.16. The number of rotatable bonds is 6. The first-order valence-corrected chi connectivity index (χ1v) is 12.9. The van der Waals surface area contributed by atoms with Gasteiger partial charge in [-0.1, -0.05) is 18.2 Å². The Balaban J connectivity index is 1.45. The number of aromatic hydroxyl groups is 1. The molecule has 0 aliphatic carbocycles. The molecule has 1 atom stereocenters. The van der Waals surface area contributed by atoms with Crippen LogP contribution in [0.25, 0.3) is 33.4 Å². The van der Waals surface area contributed by atoms with E-state index in [1.54, 1.807) is 54.6 Å². The van der Waals surface area contributed by atoms with E-state index in [1.807, 2.05) is 0 Å². The third-order valence-electron chi connectivity index (χ3n) is 7.23. The molecule has 3 aromatic carbocycles. The van der Waals surface area contributed by atoms with Crippen LogP contribution in [0.1, 0.15) is 34.0 Å². The van der Waals surface area contributed by atoms with Crippen LogP contribution in [0.5, 0.6) is 23.0 Å². The zero-order valence-electron chi connectivity index (χ0n) is 22.8. The minimum Gasteiger partial charge on any atom is -0.507 e. The van der Waals surface area contributed by atoms with E-state index in [2.05, 4.69) is 0 Å². The van der Waals surface area contributed by atoms with Gasteiger partial charge in [-0.2, -0.15) is 0 Å². The summed E-state index contributed by atoms with van der Waals surface area (Å²) in [7, 11) is 4.31. The van der Waals surface area contributed by atoms with Crippen molar-refractivity contribution in [3.05, 3.63) is 94.0 Å². The number of fused-ring (bicyclic) bond motifs is 3. The number of carbonyl (C=O) groups excluding carboxylic acids is 2. The molecule has 0 saturated heterocycles. The van der Waals surface area contributed by atoms with Gasteiger partial charge in [0.1, 0.15) is 40.3 Å². The summed E-state index contributed by atoms with van der Waals surface area (Å²) in [5.74, 6) is -0.123. The minimum absolute atomic E-state index is 0.0610. The highest BCUT2D eigenvalue weighted by atomic mass is 16.5. The first-order chi connectivity index (χ1) is 20.3. The second-order valence-corrected chi connectivity index (χ2v) is 9.56. The maximum absolute atomic E-state index is 13.7. The molecule has 0 fully saturated rings. The molecule has 0 saturated carbocycles. The number of phenols is 1. The summed E-state index contributed by atoms with van der Waals surface area (Å²) in [6.45, 7) is 0. The van der Waals surface area contributed by atoms with Crippen LogP contribution in [0.15, 0.2) is 80.6 Å². The van der Waals surface area contributed by atoms with Gasteiger partial charge < -0.3 is 32.9 Å². The average molecular weight is 569 g/mol. The van der Waals surface area contributed by atoms with E-state index in [4.69, 9.17) is 27.8 Å². The maximum Gasteiger partial charge on any atom is 0.337 e. The highest BCUT2D eigenvalue weighted by Crippen LogP contribution is 2.46. The number of ether oxygens (including phenoxy) is 4. The number of furan rings is 1. The van der Waals surface area contributed by atoms with E-state index < -0.39 is 23.3 Å². The second kappa shape index (κ2) is 10.5. The lowest BCUT2D eigenvalue weighted by molar-refractivity contribution is -0.135. The van der Waals surface area contributed by atoms with Gasteiger partial charge in [0.15, 0.2) is 11.5 Å². The van der Waals surface area contributed by atoms with Crippen LogP contribution in [0.4, 0.5) is 0 Å². The summed E-state index contributed by atoms with van der Waals surface area (Å²) >= 11 is 0. The van der Waals surface area contributed by atoms with E-state index >= 15 is 0 Å². The van der Waals surface area contributed by atoms with E-state index in [-0.39, 0.29) is 34.5 Å². The second-order valence-electron chi connectivity index (χ2n) is 9.56. The summed E-state index contributed by atoms with van der Waals surface area (Å²) in [5, 5.41) is 10.8. The quantitative estimate of drug-likeness (QED) is 0.202. The molecule has 3 heterocycles. The number of hydrogen-bond donors (Lipinski definition) is 1. The molecule has 2 aromatic heterocycles. The Morgan fingerprint density at radius 2 is 1.64 bits per heavy atom. The number of benzene rings is 3. The van der Waals surface area contributed by atoms with Gasteiger partial charge >= 0.3 is 11.9 Å². The lowest BCUT2D eigenvalue weighted by Gasteiger charge is -2.24. The van der Waals surface area contributed by atoms with Crippen LogP contribution in [0.2, 0.25) is 0 Å². The first-order valence-electron chi connectivity index (χ1n) is 12.9. The number of esters is 2. The molecule has 5 aromatic rings. The summed E-state index contributed by atoms with van der Waals surface area (Å²) in [6.07, 6.45) is 1.22. The van der Waals surface area contributed by atoms with Crippen LogP contribution < -0.4 is 19.6 Å². The van der Waals surface area contributed by atoms with Crippen LogP contribution in [-0.4, -0.2) is 38.4 Å². The molecule has 212 valence electrons. The Labute approximate surface area is 238 Å². The summed E-state index contributed by atoms with van der Waals surface area (Å²) in [4.78, 5) is 38.1. The van der Waals surface area contributed by atoms with Crippen LogP contribution >= 0.6 is 0 Å². The molecule has 0 unspecified atom stereocenters. The van der Waals surface area contributed by atoms with Crippen molar-refractivity contribution in [3.63, 3.8) is 0 Å².